The van der Waals surface area contributed by atoms with Gasteiger partial charge < -0.3 is 15.2 Å². The predicted molar refractivity (Wildman–Crippen MR) is 75.7 cm³/mol. The molecule has 0 aliphatic rings. The van der Waals surface area contributed by atoms with Gasteiger partial charge >= 0.3 is 0 Å². The van der Waals surface area contributed by atoms with E-state index in [0.29, 0.717) is 24.6 Å². The van der Waals surface area contributed by atoms with Crippen molar-refractivity contribution in [3.8, 4) is 0 Å². The van der Waals surface area contributed by atoms with Crippen LogP contribution in [0.15, 0.2) is 5.51 Å². The normalized spacial score (nSPS) is 11.6. The van der Waals surface area contributed by atoms with Gasteiger partial charge in [0.1, 0.15) is 4.88 Å². The highest BCUT2D eigenvalue weighted by atomic mass is 32.1. The number of thiazole rings is 1. The molecule has 1 amide bonds. The summed E-state index contributed by atoms with van der Waals surface area (Å²) in [5, 5.41) is 11.4. The highest BCUT2D eigenvalue weighted by Crippen LogP contribution is 2.26. The molecular weight excluding hydrogens is 264 g/mol. The van der Waals surface area contributed by atoms with E-state index in [2.05, 4.69) is 10.3 Å². The number of hydrogen-bond donors (Lipinski definition) is 2. The smallest absolute Gasteiger partial charge is 0.263 e. The molecule has 0 aromatic carbocycles. The number of hydrogen-bond acceptors (Lipinski definition) is 5. The number of ether oxygens (including phenoxy) is 1. The Bertz CT molecular complexity index is 399. The van der Waals surface area contributed by atoms with Crippen molar-refractivity contribution in [2.75, 3.05) is 26.4 Å². The Morgan fingerprint density at radius 3 is 2.84 bits per heavy atom. The fourth-order valence-corrected chi connectivity index (χ4v) is 2.48. The minimum atomic E-state index is -0.128. The highest BCUT2D eigenvalue weighted by molar-refractivity contribution is 7.11. The minimum absolute atomic E-state index is 0.0299. The second-order valence-corrected chi connectivity index (χ2v) is 6.08. The Morgan fingerprint density at radius 2 is 2.21 bits per heavy atom. The van der Waals surface area contributed by atoms with Crippen molar-refractivity contribution in [2.45, 2.75) is 32.6 Å². The number of aromatic nitrogens is 1. The van der Waals surface area contributed by atoms with Crippen LogP contribution in [0.5, 0.6) is 0 Å². The van der Waals surface area contributed by atoms with E-state index < -0.39 is 0 Å². The Morgan fingerprint density at radius 1 is 1.47 bits per heavy atom. The van der Waals surface area contributed by atoms with E-state index >= 15 is 0 Å². The summed E-state index contributed by atoms with van der Waals surface area (Å²) in [6.07, 6.45) is 0.732. The Hall–Kier alpha value is -0.980. The lowest BCUT2D eigenvalue weighted by molar-refractivity contribution is 0.0868. The van der Waals surface area contributed by atoms with Crippen LogP contribution in [0.2, 0.25) is 0 Å². The van der Waals surface area contributed by atoms with Gasteiger partial charge in [-0.25, -0.2) is 4.98 Å². The molecule has 1 rings (SSSR count). The Kier molecular flexibility index (Phi) is 6.41. The van der Waals surface area contributed by atoms with Gasteiger partial charge in [-0.2, -0.15) is 0 Å². The molecule has 6 heteroatoms. The lowest BCUT2D eigenvalue weighted by Crippen LogP contribution is -2.27. The van der Waals surface area contributed by atoms with Crippen molar-refractivity contribution in [1.29, 1.82) is 0 Å². The lowest BCUT2D eigenvalue weighted by Gasteiger charge is -2.17. The summed E-state index contributed by atoms with van der Waals surface area (Å²) in [6.45, 7) is 7.60. The number of nitrogens with one attached hydrogen (secondary N) is 1. The van der Waals surface area contributed by atoms with E-state index in [9.17, 15) is 4.79 Å². The van der Waals surface area contributed by atoms with Crippen molar-refractivity contribution in [3.63, 3.8) is 0 Å². The average Bonchev–Trinajstić information content (AvgIpc) is 2.82. The third-order valence-corrected chi connectivity index (χ3v) is 3.30. The third kappa shape index (κ3) is 5.26. The molecule has 0 aliphatic heterocycles. The number of carbonyl (C=O) groups excluding carboxylic acids is 1. The van der Waals surface area contributed by atoms with Crippen LogP contribution in [0.25, 0.3) is 0 Å². The monoisotopic (exact) mass is 286 g/mol. The SMILES string of the molecule is CC(C)(C)c1ncsc1C(=O)NCCCOCCO. The number of aliphatic hydroxyl groups excluding tert-OH is 1. The molecule has 108 valence electrons. The molecule has 0 aliphatic carbocycles. The lowest BCUT2D eigenvalue weighted by atomic mass is 9.91. The van der Waals surface area contributed by atoms with Gasteiger partial charge in [-0.3, -0.25) is 4.79 Å². The molecule has 1 aromatic heterocycles. The maximum atomic E-state index is 12.0. The number of rotatable bonds is 7. The van der Waals surface area contributed by atoms with Crippen LogP contribution in [-0.2, 0) is 10.2 Å². The van der Waals surface area contributed by atoms with Gasteiger partial charge in [0.25, 0.3) is 5.91 Å². The maximum Gasteiger partial charge on any atom is 0.263 e. The van der Waals surface area contributed by atoms with Crippen molar-refractivity contribution in [2.24, 2.45) is 0 Å². The van der Waals surface area contributed by atoms with Crippen molar-refractivity contribution < 1.29 is 14.6 Å². The van der Waals surface area contributed by atoms with Crippen molar-refractivity contribution in [3.05, 3.63) is 16.1 Å². The molecule has 2 N–H and O–H groups in total. The summed E-state index contributed by atoms with van der Waals surface area (Å²) in [4.78, 5) is 17.0. The quantitative estimate of drug-likeness (QED) is 0.746. The van der Waals surface area contributed by atoms with E-state index in [1.165, 1.54) is 11.3 Å². The van der Waals surface area contributed by atoms with Crippen LogP contribution in [0.1, 0.15) is 42.6 Å². The summed E-state index contributed by atoms with van der Waals surface area (Å²) in [5.41, 5.74) is 2.42. The topological polar surface area (TPSA) is 71.5 Å². The standard InChI is InChI=1S/C13H22N2O3S/c1-13(2,3)11-10(19-9-15-11)12(17)14-5-4-7-18-8-6-16/h9,16H,4-8H2,1-3H3,(H,14,17). The first-order chi connectivity index (χ1) is 8.96. The second-order valence-electron chi connectivity index (χ2n) is 5.23. The summed E-state index contributed by atoms with van der Waals surface area (Å²) in [5.74, 6) is -0.0745. The largest absolute Gasteiger partial charge is 0.394 e. The van der Waals surface area contributed by atoms with Gasteiger partial charge in [0.2, 0.25) is 0 Å². The van der Waals surface area contributed by atoms with Crippen molar-refractivity contribution in [1.82, 2.24) is 10.3 Å². The molecule has 1 aromatic rings. The van der Waals surface area contributed by atoms with Crippen LogP contribution in [0.4, 0.5) is 0 Å². The van der Waals surface area contributed by atoms with Gasteiger partial charge in [0.15, 0.2) is 0 Å². The first-order valence-electron chi connectivity index (χ1n) is 6.37. The molecule has 0 spiro atoms. The fraction of sp³-hybridized carbons (Fsp3) is 0.692. The number of aliphatic hydroxyl groups is 1. The molecule has 0 fully saturated rings. The highest BCUT2D eigenvalue weighted by Gasteiger charge is 2.24. The maximum absolute atomic E-state index is 12.0. The number of amides is 1. The van der Waals surface area contributed by atoms with Crippen LogP contribution in [0.3, 0.4) is 0 Å². The van der Waals surface area contributed by atoms with E-state index in [-0.39, 0.29) is 17.9 Å². The van der Waals surface area contributed by atoms with Crippen LogP contribution in [0, 0.1) is 0 Å². The first kappa shape index (κ1) is 16.1. The second kappa shape index (κ2) is 7.57. The predicted octanol–water partition coefficient (Wildman–Crippen LogP) is 1.57. The van der Waals surface area contributed by atoms with Gasteiger partial charge in [0.05, 0.1) is 24.4 Å². The molecule has 19 heavy (non-hydrogen) atoms. The minimum Gasteiger partial charge on any atom is -0.394 e. The molecular formula is C13H22N2O3S. The molecule has 0 saturated heterocycles. The van der Waals surface area contributed by atoms with Crippen LogP contribution >= 0.6 is 11.3 Å². The van der Waals surface area contributed by atoms with Crippen LogP contribution in [-0.4, -0.2) is 42.4 Å². The van der Waals surface area contributed by atoms with E-state index in [1.807, 2.05) is 20.8 Å². The van der Waals surface area contributed by atoms with E-state index in [4.69, 9.17) is 9.84 Å². The molecule has 0 atom stereocenters. The first-order valence-corrected chi connectivity index (χ1v) is 7.25. The van der Waals surface area contributed by atoms with Gasteiger partial charge in [-0.1, -0.05) is 20.8 Å². The zero-order valence-electron chi connectivity index (χ0n) is 11.7. The van der Waals surface area contributed by atoms with Crippen molar-refractivity contribution >= 4 is 17.2 Å². The van der Waals surface area contributed by atoms with Crippen LogP contribution < -0.4 is 5.32 Å². The molecule has 5 nitrogen and oxygen atoms in total. The molecule has 0 bridgehead atoms. The summed E-state index contributed by atoms with van der Waals surface area (Å²) in [6, 6.07) is 0. The molecule has 0 saturated carbocycles. The summed E-state index contributed by atoms with van der Waals surface area (Å²) >= 11 is 1.37. The summed E-state index contributed by atoms with van der Waals surface area (Å²) < 4.78 is 5.12. The average molecular weight is 286 g/mol. The zero-order valence-corrected chi connectivity index (χ0v) is 12.5. The number of carbonyl (C=O) groups is 1. The molecule has 0 unspecified atom stereocenters. The van der Waals surface area contributed by atoms with Gasteiger partial charge in [0, 0.05) is 18.6 Å². The number of nitrogens with zero attached hydrogens (tertiary/aromatic N) is 1. The molecule has 1 heterocycles. The molecule has 0 radical (unpaired) electrons. The van der Waals surface area contributed by atoms with Gasteiger partial charge in [-0.15, -0.1) is 11.3 Å². The Labute approximate surface area is 118 Å². The Balaban J connectivity index is 2.40. The van der Waals surface area contributed by atoms with E-state index in [0.717, 1.165) is 12.1 Å². The van der Waals surface area contributed by atoms with Gasteiger partial charge in [-0.05, 0) is 6.42 Å². The van der Waals surface area contributed by atoms with E-state index in [1.54, 1.807) is 5.51 Å². The third-order valence-electron chi connectivity index (χ3n) is 2.47. The zero-order chi connectivity index (χ0) is 14.3. The fourth-order valence-electron chi connectivity index (χ4n) is 1.56. The summed E-state index contributed by atoms with van der Waals surface area (Å²) in [7, 11) is 0.